The summed E-state index contributed by atoms with van der Waals surface area (Å²) in [6.07, 6.45) is 3.10. The van der Waals surface area contributed by atoms with Gasteiger partial charge in [0.25, 0.3) is 0 Å². The number of benzene rings is 1. The van der Waals surface area contributed by atoms with E-state index in [0.29, 0.717) is 0 Å². The van der Waals surface area contributed by atoms with Crippen LogP contribution in [0.4, 0.5) is 0 Å². The van der Waals surface area contributed by atoms with Crippen molar-refractivity contribution in [1.82, 2.24) is 0 Å². The molecule has 0 saturated carbocycles. The largest absolute Gasteiger partial charge is 0.490 e. The summed E-state index contributed by atoms with van der Waals surface area (Å²) in [6.45, 7) is 5.74. The van der Waals surface area contributed by atoms with Crippen LogP contribution in [-0.2, 0) is 11.2 Å². The Balaban J connectivity index is 2.09. The summed E-state index contributed by atoms with van der Waals surface area (Å²) in [7, 11) is 0. The lowest BCUT2D eigenvalue weighted by Gasteiger charge is -2.25. The van der Waals surface area contributed by atoms with Gasteiger partial charge in [-0.2, -0.15) is 0 Å². The molecule has 18 heavy (non-hydrogen) atoms. The van der Waals surface area contributed by atoms with Crippen LogP contribution < -0.4 is 10.5 Å². The van der Waals surface area contributed by atoms with Crippen molar-refractivity contribution in [1.29, 1.82) is 0 Å². The molecule has 2 N–H and O–H groups in total. The van der Waals surface area contributed by atoms with Crippen LogP contribution in [-0.4, -0.2) is 25.4 Å². The van der Waals surface area contributed by atoms with Crippen molar-refractivity contribution in [2.45, 2.75) is 45.3 Å². The normalized spacial score (nSPS) is 18.6. The monoisotopic (exact) mass is 249 g/mol. The van der Waals surface area contributed by atoms with E-state index in [0.717, 1.165) is 38.2 Å². The summed E-state index contributed by atoms with van der Waals surface area (Å²) in [4.78, 5) is 0. The second kappa shape index (κ2) is 6.21. The summed E-state index contributed by atoms with van der Waals surface area (Å²) < 4.78 is 11.5. The third-order valence-electron chi connectivity index (χ3n) is 3.22. The first-order valence-corrected chi connectivity index (χ1v) is 6.74. The molecule has 0 aliphatic carbocycles. The Morgan fingerprint density at radius 2 is 2.11 bits per heavy atom. The molecule has 1 aromatic carbocycles. The molecule has 0 amide bonds. The van der Waals surface area contributed by atoms with Crippen LogP contribution in [0.25, 0.3) is 0 Å². The van der Waals surface area contributed by atoms with Crippen molar-refractivity contribution in [2.75, 3.05) is 13.2 Å². The fraction of sp³-hybridized carbons (Fsp3) is 0.600. The van der Waals surface area contributed by atoms with Gasteiger partial charge in [0.05, 0.1) is 13.2 Å². The molecule has 1 heterocycles. The van der Waals surface area contributed by atoms with E-state index in [1.54, 1.807) is 0 Å². The summed E-state index contributed by atoms with van der Waals surface area (Å²) in [5, 5.41) is 0. The van der Waals surface area contributed by atoms with Gasteiger partial charge in [-0.05, 0) is 31.9 Å². The Hall–Kier alpha value is -1.06. The quantitative estimate of drug-likeness (QED) is 0.891. The average Bonchev–Trinajstić information content (AvgIpc) is 2.33. The smallest absolute Gasteiger partial charge is 0.122 e. The zero-order chi connectivity index (χ0) is 13.0. The molecular weight excluding hydrogens is 226 g/mol. The van der Waals surface area contributed by atoms with Crippen LogP contribution in [0, 0.1) is 6.92 Å². The lowest BCUT2D eigenvalue weighted by molar-refractivity contribution is 0.0251. The van der Waals surface area contributed by atoms with Crippen molar-refractivity contribution < 1.29 is 9.47 Å². The Morgan fingerprint density at radius 1 is 1.39 bits per heavy atom. The Bertz CT molecular complexity index is 384. The number of nitrogens with two attached hydrogens (primary N) is 1. The fourth-order valence-corrected chi connectivity index (χ4v) is 2.30. The maximum Gasteiger partial charge on any atom is 0.122 e. The van der Waals surface area contributed by atoms with Gasteiger partial charge in [-0.1, -0.05) is 17.7 Å². The number of rotatable bonds is 4. The first-order valence-electron chi connectivity index (χ1n) is 6.74. The van der Waals surface area contributed by atoms with Crippen LogP contribution in [0.2, 0.25) is 0 Å². The van der Waals surface area contributed by atoms with Crippen LogP contribution in [0.1, 0.15) is 30.9 Å². The summed E-state index contributed by atoms with van der Waals surface area (Å²) in [5.74, 6) is 0.991. The van der Waals surface area contributed by atoms with E-state index < -0.39 is 0 Å². The summed E-state index contributed by atoms with van der Waals surface area (Å²) in [6, 6.07) is 6.50. The lowest BCUT2D eigenvalue weighted by Crippen LogP contribution is -2.26. The van der Waals surface area contributed by atoms with Gasteiger partial charge in [-0.3, -0.25) is 0 Å². The third kappa shape index (κ3) is 3.72. The van der Waals surface area contributed by atoms with Gasteiger partial charge in [-0.25, -0.2) is 0 Å². The highest BCUT2D eigenvalue weighted by Gasteiger charge is 2.17. The van der Waals surface area contributed by atoms with Crippen molar-refractivity contribution >= 4 is 0 Å². The molecule has 1 atom stereocenters. The van der Waals surface area contributed by atoms with Crippen molar-refractivity contribution in [2.24, 2.45) is 5.73 Å². The highest BCUT2D eigenvalue weighted by Crippen LogP contribution is 2.24. The van der Waals surface area contributed by atoms with E-state index in [1.807, 2.05) is 6.92 Å². The minimum atomic E-state index is 0.156. The Kier molecular flexibility index (Phi) is 4.61. The molecule has 0 bridgehead atoms. The average molecular weight is 249 g/mol. The van der Waals surface area contributed by atoms with Gasteiger partial charge in [0.2, 0.25) is 0 Å². The first-order chi connectivity index (χ1) is 8.65. The van der Waals surface area contributed by atoms with Gasteiger partial charge < -0.3 is 15.2 Å². The molecule has 1 aliphatic rings. The summed E-state index contributed by atoms with van der Waals surface area (Å²) >= 11 is 0. The molecule has 100 valence electrons. The fourth-order valence-electron chi connectivity index (χ4n) is 2.30. The topological polar surface area (TPSA) is 44.5 Å². The second-order valence-electron chi connectivity index (χ2n) is 5.22. The van der Waals surface area contributed by atoms with Gasteiger partial charge in [0.15, 0.2) is 0 Å². The Labute approximate surface area is 109 Å². The molecule has 1 unspecified atom stereocenters. The highest BCUT2D eigenvalue weighted by atomic mass is 16.5. The van der Waals surface area contributed by atoms with Crippen molar-refractivity contribution in [3.05, 3.63) is 29.3 Å². The number of hydrogen-bond donors (Lipinski definition) is 1. The molecular formula is C15H23NO2. The van der Waals surface area contributed by atoms with Gasteiger partial charge >= 0.3 is 0 Å². The van der Waals surface area contributed by atoms with E-state index >= 15 is 0 Å². The Morgan fingerprint density at radius 3 is 2.78 bits per heavy atom. The molecule has 1 aliphatic heterocycles. The predicted octanol–water partition coefficient (Wildman–Crippen LogP) is 2.44. The minimum absolute atomic E-state index is 0.156. The lowest BCUT2D eigenvalue weighted by atomic mass is 10.0. The van der Waals surface area contributed by atoms with Crippen molar-refractivity contribution in [3.8, 4) is 5.75 Å². The van der Waals surface area contributed by atoms with Crippen LogP contribution >= 0.6 is 0 Å². The van der Waals surface area contributed by atoms with Crippen LogP contribution in [0.15, 0.2) is 18.2 Å². The molecule has 1 fully saturated rings. The SMILES string of the molecule is Cc1ccc(OC2CCOCC2)c(CC(C)N)c1. The minimum Gasteiger partial charge on any atom is -0.490 e. The third-order valence-corrected chi connectivity index (χ3v) is 3.22. The van der Waals surface area contributed by atoms with Crippen molar-refractivity contribution in [3.63, 3.8) is 0 Å². The van der Waals surface area contributed by atoms with Crippen LogP contribution in [0.3, 0.4) is 0 Å². The molecule has 0 radical (unpaired) electrons. The maximum atomic E-state index is 6.11. The van der Waals surface area contributed by atoms with E-state index in [9.17, 15) is 0 Å². The van der Waals surface area contributed by atoms with Gasteiger partial charge in [0.1, 0.15) is 11.9 Å². The first kappa shape index (κ1) is 13.4. The van der Waals surface area contributed by atoms with E-state index in [1.165, 1.54) is 11.1 Å². The predicted molar refractivity (Wildman–Crippen MR) is 73.0 cm³/mol. The maximum absolute atomic E-state index is 6.11. The molecule has 0 spiro atoms. The molecule has 1 aromatic rings. The molecule has 1 saturated heterocycles. The zero-order valence-corrected chi connectivity index (χ0v) is 11.3. The number of ether oxygens (including phenoxy) is 2. The van der Waals surface area contributed by atoms with Crippen LogP contribution in [0.5, 0.6) is 5.75 Å². The summed E-state index contributed by atoms with van der Waals surface area (Å²) in [5.41, 5.74) is 8.37. The molecule has 3 nitrogen and oxygen atoms in total. The van der Waals surface area contributed by atoms with E-state index in [4.69, 9.17) is 15.2 Å². The van der Waals surface area contributed by atoms with E-state index in [2.05, 4.69) is 25.1 Å². The molecule has 3 heteroatoms. The van der Waals surface area contributed by atoms with E-state index in [-0.39, 0.29) is 12.1 Å². The van der Waals surface area contributed by atoms with Gasteiger partial charge in [0, 0.05) is 18.9 Å². The second-order valence-corrected chi connectivity index (χ2v) is 5.22. The highest BCUT2D eigenvalue weighted by molar-refractivity contribution is 5.37. The van der Waals surface area contributed by atoms with Gasteiger partial charge in [-0.15, -0.1) is 0 Å². The zero-order valence-electron chi connectivity index (χ0n) is 11.3. The number of hydrogen-bond acceptors (Lipinski definition) is 3. The molecule has 2 rings (SSSR count). The molecule has 0 aromatic heterocycles. The standard InChI is InChI=1S/C15H23NO2/c1-11-3-4-15(13(9-11)10-12(2)16)18-14-5-7-17-8-6-14/h3-4,9,12,14H,5-8,10,16H2,1-2H3. The number of aryl methyl sites for hydroxylation is 1.